The second-order valence-corrected chi connectivity index (χ2v) is 23.8. The number of likely N-dealkylation sites (N-methyl/N-ethyl adjacent to an activating group) is 1. The number of aliphatic hydroxyl groups is 1. The third-order valence-corrected chi connectivity index (χ3v) is 14.9. The summed E-state index contributed by atoms with van der Waals surface area (Å²) < 4.78 is 23.4. The quantitative estimate of drug-likeness (QED) is 0.0272. The molecule has 2 N–H and O–H groups in total. The van der Waals surface area contributed by atoms with Gasteiger partial charge in [-0.25, -0.2) is 0 Å². The average molecular weight is 1050 g/mol. The number of aliphatic hydroxyl groups excluding tert-OH is 1. The van der Waals surface area contributed by atoms with Crippen LogP contribution < -0.4 is 10.2 Å². The molecule has 0 aliphatic carbocycles. The van der Waals surface area contributed by atoms with E-state index in [1.165, 1.54) is 193 Å². The molecule has 428 valence electrons. The number of unbranched alkanes of at least 4 members (excludes halogenated alkanes) is 36. The maximum Gasteiger partial charge on any atom is 0.268 e. The Kier molecular flexibility index (Phi) is 53.6. The van der Waals surface area contributed by atoms with E-state index in [4.69, 9.17) is 9.05 Å². The first-order valence-electron chi connectivity index (χ1n) is 31.2. The van der Waals surface area contributed by atoms with Crippen LogP contribution in [-0.4, -0.2) is 68.5 Å². The number of carbonyl (C=O) groups excluding carboxylic acids is 1. The minimum absolute atomic E-state index is 0.00606. The molecule has 0 aromatic heterocycles. The minimum Gasteiger partial charge on any atom is -0.756 e. The van der Waals surface area contributed by atoms with Gasteiger partial charge in [0.05, 0.1) is 39.9 Å². The van der Waals surface area contributed by atoms with Crippen LogP contribution in [0.1, 0.15) is 290 Å². The summed E-state index contributed by atoms with van der Waals surface area (Å²) in [7, 11) is 1.25. The van der Waals surface area contributed by atoms with Crippen LogP contribution in [0.4, 0.5) is 0 Å². The van der Waals surface area contributed by atoms with E-state index in [2.05, 4.69) is 67.8 Å². The third kappa shape index (κ3) is 57.7. The van der Waals surface area contributed by atoms with Crippen molar-refractivity contribution in [3.63, 3.8) is 0 Å². The summed E-state index contributed by atoms with van der Waals surface area (Å²) in [5, 5.41) is 13.9. The number of hydrogen-bond donors (Lipinski definition) is 2. The van der Waals surface area contributed by atoms with Gasteiger partial charge in [-0.05, 0) is 57.8 Å². The molecule has 1 amide bonds. The zero-order valence-corrected chi connectivity index (χ0v) is 49.7. The van der Waals surface area contributed by atoms with E-state index in [0.29, 0.717) is 17.4 Å². The maximum atomic E-state index is 13.0. The van der Waals surface area contributed by atoms with E-state index in [1.54, 1.807) is 6.08 Å². The lowest BCUT2D eigenvalue weighted by molar-refractivity contribution is -0.870. The van der Waals surface area contributed by atoms with Crippen molar-refractivity contribution in [2.24, 2.45) is 0 Å². The Hall–Kier alpha value is -1.80. The van der Waals surface area contributed by atoms with Crippen LogP contribution >= 0.6 is 7.82 Å². The summed E-state index contributed by atoms with van der Waals surface area (Å²) in [5.74, 6) is -0.210. The Bertz CT molecular complexity index is 1370. The number of carbonyl (C=O) groups is 1. The zero-order valence-electron chi connectivity index (χ0n) is 48.8. The van der Waals surface area contributed by atoms with Crippen LogP contribution in [0.3, 0.4) is 0 Å². The van der Waals surface area contributed by atoms with E-state index >= 15 is 0 Å². The molecular weight excluding hydrogens is 924 g/mol. The third-order valence-electron chi connectivity index (χ3n) is 14.0. The highest BCUT2D eigenvalue weighted by atomic mass is 31.2. The van der Waals surface area contributed by atoms with Crippen molar-refractivity contribution in [1.82, 2.24) is 5.32 Å². The summed E-state index contributed by atoms with van der Waals surface area (Å²) in [4.78, 5) is 25.5. The van der Waals surface area contributed by atoms with Gasteiger partial charge >= 0.3 is 0 Å². The minimum atomic E-state index is -4.61. The largest absolute Gasteiger partial charge is 0.756 e. The molecule has 9 heteroatoms. The highest BCUT2D eigenvalue weighted by molar-refractivity contribution is 7.45. The molecule has 0 spiro atoms. The fourth-order valence-corrected chi connectivity index (χ4v) is 9.87. The lowest BCUT2D eigenvalue weighted by Gasteiger charge is -2.29. The molecular formula is C64H121N2O6P. The molecule has 3 atom stereocenters. The predicted octanol–water partition coefficient (Wildman–Crippen LogP) is 18.6. The number of phosphoric acid groups is 1. The Labute approximate surface area is 453 Å². The molecule has 0 radical (unpaired) electrons. The van der Waals surface area contributed by atoms with Gasteiger partial charge in [0, 0.05) is 6.42 Å². The van der Waals surface area contributed by atoms with E-state index in [0.717, 1.165) is 77.0 Å². The summed E-state index contributed by atoms with van der Waals surface area (Å²) in [6.07, 6.45) is 74.6. The van der Waals surface area contributed by atoms with E-state index in [-0.39, 0.29) is 19.1 Å². The Morgan fingerprint density at radius 1 is 0.493 bits per heavy atom. The number of allylic oxidation sites excluding steroid dienone is 9. The smallest absolute Gasteiger partial charge is 0.268 e. The molecule has 0 aliphatic rings. The number of hydrogen-bond acceptors (Lipinski definition) is 6. The Morgan fingerprint density at radius 2 is 0.836 bits per heavy atom. The summed E-state index contributed by atoms with van der Waals surface area (Å²) in [6.45, 7) is 4.55. The normalized spacial score (nSPS) is 14.2. The second kappa shape index (κ2) is 55.0. The van der Waals surface area contributed by atoms with Crippen molar-refractivity contribution in [1.29, 1.82) is 0 Å². The average Bonchev–Trinajstić information content (AvgIpc) is 3.35. The van der Waals surface area contributed by atoms with Crippen molar-refractivity contribution in [3.05, 3.63) is 60.8 Å². The molecule has 0 saturated carbocycles. The first-order chi connectivity index (χ1) is 35.5. The SMILES string of the molecule is CC/C=C\C/C=C\C/C=C\C/C=C\CCCCCCCCC(=O)NC(COP(=O)([O-])OCC[N+](C)(C)C)C(O)/C=C/CCCCCCCCCCCCCCCCCCCCCCCCCCCCCCCC. The first kappa shape index (κ1) is 71.2. The van der Waals surface area contributed by atoms with Crippen LogP contribution in [-0.2, 0) is 18.4 Å². The van der Waals surface area contributed by atoms with Gasteiger partial charge in [-0.3, -0.25) is 9.36 Å². The van der Waals surface area contributed by atoms with Gasteiger partial charge in [-0.1, -0.05) is 286 Å². The molecule has 0 bridgehead atoms. The lowest BCUT2D eigenvalue weighted by Crippen LogP contribution is -2.45. The molecule has 0 heterocycles. The van der Waals surface area contributed by atoms with Gasteiger partial charge in [-0.2, -0.15) is 0 Å². The summed E-state index contributed by atoms with van der Waals surface area (Å²) in [5.41, 5.74) is 0. The number of nitrogens with zero attached hydrogens (tertiary/aromatic N) is 1. The van der Waals surface area contributed by atoms with Crippen LogP contribution in [0.2, 0.25) is 0 Å². The monoisotopic (exact) mass is 1040 g/mol. The van der Waals surface area contributed by atoms with Gasteiger partial charge in [0.1, 0.15) is 13.2 Å². The molecule has 0 saturated heterocycles. The second-order valence-electron chi connectivity index (χ2n) is 22.4. The maximum absolute atomic E-state index is 13.0. The number of phosphoric ester groups is 1. The lowest BCUT2D eigenvalue weighted by atomic mass is 10.0. The van der Waals surface area contributed by atoms with Crippen LogP contribution in [0, 0.1) is 0 Å². The summed E-state index contributed by atoms with van der Waals surface area (Å²) >= 11 is 0. The Morgan fingerprint density at radius 3 is 1.22 bits per heavy atom. The number of nitrogens with one attached hydrogen (secondary N) is 1. The molecule has 0 aromatic carbocycles. The van der Waals surface area contributed by atoms with Gasteiger partial charge in [-0.15, -0.1) is 0 Å². The number of amides is 1. The van der Waals surface area contributed by atoms with Gasteiger partial charge in [0.25, 0.3) is 7.82 Å². The van der Waals surface area contributed by atoms with Crippen LogP contribution in [0.5, 0.6) is 0 Å². The van der Waals surface area contributed by atoms with Crippen molar-refractivity contribution < 1.29 is 32.9 Å². The van der Waals surface area contributed by atoms with Crippen LogP contribution in [0.15, 0.2) is 60.8 Å². The molecule has 0 fully saturated rings. The Balaban J connectivity index is 4.11. The zero-order chi connectivity index (χ0) is 53.5. The van der Waals surface area contributed by atoms with Crippen molar-refractivity contribution in [3.8, 4) is 0 Å². The highest BCUT2D eigenvalue weighted by Crippen LogP contribution is 2.38. The first-order valence-corrected chi connectivity index (χ1v) is 32.6. The van der Waals surface area contributed by atoms with Gasteiger partial charge in [0.15, 0.2) is 0 Å². The fraction of sp³-hybridized carbons (Fsp3) is 0.828. The van der Waals surface area contributed by atoms with Gasteiger partial charge < -0.3 is 28.8 Å². The number of quaternary nitrogens is 1. The molecule has 8 nitrogen and oxygen atoms in total. The predicted molar refractivity (Wildman–Crippen MR) is 316 cm³/mol. The topological polar surface area (TPSA) is 108 Å². The van der Waals surface area contributed by atoms with E-state index < -0.39 is 20.0 Å². The molecule has 0 rings (SSSR count). The van der Waals surface area contributed by atoms with Crippen molar-refractivity contribution in [2.45, 2.75) is 302 Å². The van der Waals surface area contributed by atoms with Crippen LogP contribution in [0.25, 0.3) is 0 Å². The van der Waals surface area contributed by atoms with Crippen molar-refractivity contribution >= 4 is 13.7 Å². The highest BCUT2D eigenvalue weighted by Gasteiger charge is 2.23. The van der Waals surface area contributed by atoms with E-state index in [1.807, 2.05) is 27.2 Å². The van der Waals surface area contributed by atoms with E-state index in [9.17, 15) is 19.4 Å². The number of rotatable bonds is 57. The molecule has 3 unspecified atom stereocenters. The standard InChI is InChI=1S/C64H121N2O6P/c1-6-8-10-12-14-16-18-20-22-24-26-27-28-29-30-31-32-33-34-35-36-37-38-40-41-43-45-47-49-51-53-55-57-63(67)62(61-72-73(69,70)71-60-59-66(3,4)5)65-64(68)58-56-54-52-50-48-46-44-42-39-25-23-21-19-17-15-13-11-9-7-2/h9,11,15,17,21,23,39,42,55,57,62-63,67H,6-8,10,12-14,16,18-20,22,24-38,40-41,43-54,56,58-61H2,1-5H3,(H-,65,68,69,70)/b11-9-,17-15-,23-21-,42-39-,57-55+. The van der Waals surface area contributed by atoms with Crippen molar-refractivity contribution in [2.75, 3.05) is 40.9 Å². The summed E-state index contributed by atoms with van der Waals surface area (Å²) in [6, 6.07) is -0.898. The molecule has 73 heavy (non-hydrogen) atoms. The van der Waals surface area contributed by atoms with Gasteiger partial charge in [0.2, 0.25) is 5.91 Å². The molecule has 0 aromatic rings. The molecule has 0 aliphatic heterocycles. The fourth-order valence-electron chi connectivity index (χ4n) is 9.15.